The highest BCUT2D eigenvalue weighted by atomic mass is 15.2. The Morgan fingerprint density at radius 3 is 2.60 bits per heavy atom. The van der Waals surface area contributed by atoms with Gasteiger partial charge in [-0.25, -0.2) is 0 Å². The molecule has 0 aromatic rings. The van der Waals surface area contributed by atoms with Gasteiger partial charge in [-0.2, -0.15) is 0 Å². The van der Waals surface area contributed by atoms with Crippen LogP contribution in [-0.2, 0) is 0 Å². The van der Waals surface area contributed by atoms with E-state index in [2.05, 4.69) is 22.2 Å². The van der Waals surface area contributed by atoms with Crippen LogP contribution >= 0.6 is 0 Å². The number of rotatable bonds is 7. The summed E-state index contributed by atoms with van der Waals surface area (Å²) in [7, 11) is 2.25. The van der Waals surface area contributed by atoms with Crippen LogP contribution in [0.25, 0.3) is 0 Å². The van der Waals surface area contributed by atoms with Gasteiger partial charge in [0.05, 0.1) is 0 Å². The highest BCUT2D eigenvalue weighted by Crippen LogP contribution is 2.24. The van der Waals surface area contributed by atoms with Crippen LogP contribution in [0.3, 0.4) is 0 Å². The lowest BCUT2D eigenvalue weighted by molar-refractivity contribution is 0.306. The SMILES string of the molecule is CN(CCNCCN1CCCC1)C1CC1. The third-order valence-electron chi connectivity index (χ3n) is 3.61. The monoisotopic (exact) mass is 211 g/mol. The molecule has 1 saturated heterocycles. The molecule has 1 saturated carbocycles. The second-order valence-electron chi connectivity index (χ2n) is 5.01. The summed E-state index contributed by atoms with van der Waals surface area (Å²) < 4.78 is 0. The van der Waals surface area contributed by atoms with E-state index < -0.39 is 0 Å². The quantitative estimate of drug-likeness (QED) is 0.627. The van der Waals surface area contributed by atoms with Gasteiger partial charge in [-0.05, 0) is 45.8 Å². The minimum absolute atomic E-state index is 0.908. The van der Waals surface area contributed by atoms with E-state index in [9.17, 15) is 0 Å². The first-order valence-electron chi connectivity index (χ1n) is 6.49. The summed E-state index contributed by atoms with van der Waals surface area (Å²) in [6.45, 7) is 7.42. The van der Waals surface area contributed by atoms with Crippen LogP contribution in [0.5, 0.6) is 0 Å². The van der Waals surface area contributed by atoms with Gasteiger partial charge in [0, 0.05) is 32.2 Å². The highest BCUT2D eigenvalue weighted by Gasteiger charge is 2.25. The van der Waals surface area contributed by atoms with Gasteiger partial charge in [0.15, 0.2) is 0 Å². The van der Waals surface area contributed by atoms with E-state index in [1.807, 2.05) is 0 Å². The van der Waals surface area contributed by atoms with Crippen molar-refractivity contribution < 1.29 is 0 Å². The van der Waals surface area contributed by atoms with E-state index in [4.69, 9.17) is 0 Å². The molecule has 0 bridgehead atoms. The van der Waals surface area contributed by atoms with E-state index in [0.29, 0.717) is 0 Å². The highest BCUT2D eigenvalue weighted by molar-refractivity contribution is 4.82. The minimum Gasteiger partial charge on any atom is -0.314 e. The molecule has 0 unspecified atom stereocenters. The molecular weight excluding hydrogens is 186 g/mol. The molecule has 1 heterocycles. The number of nitrogens with one attached hydrogen (secondary N) is 1. The predicted molar refractivity (Wildman–Crippen MR) is 64.2 cm³/mol. The molecule has 3 nitrogen and oxygen atoms in total. The minimum atomic E-state index is 0.908. The van der Waals surface area contributed by atoms with Gasteiger partial charge in [-0.1, -0.05) is 0 Å². The zero-order valence-corrected chi connectivity index (χ0v) is 10.0. The van der Waals surface area contributed by atoms with Crippen molar-refractivity contribution in [3.63, 3.8) is 0 Å². The van der Waals surface area contributed by atoms with Crippen molar-refractivity contribution in [2.45, 2.75) is 31.7 Å². The lowest BCUT2D eigenvalue weighted by Crippen LogP contribution is -2.35. The average Bonchev–Trinajstić information content (AvgIpc) is 2.97. The van der Waals surface area contributed by atoms with E-state index in [-0.39, 0.29) is 0 Å². The standard InChI is InChI=1S/C12H25N3/c1-14(12-4-5-12)10-6-13-7-11-15-8-2-3-9-15/h12-13H,2-11H2,1H3. The van der Waals surface area contributed by atoms with Crippen molar-refractivity contribution in [1.82, 2.24) is 15.1 Å². The maximum absolute atomic E-state index is 3.54. The second kappa shape index (κ2) is 5.83. The van der Waals surface area contributed by atoms with Crippen LogP contribution in [0.2, 0.25) is 0 Å². The molecule has 0 atom stereocenters. The van der Waals surface area contributed by atoms with Crippen molar-refractivity contribution in [1.29, 1.82) is 0 Å². The Bertz CT molecular complexity index is 170. The number of nitrogens with zero attached hydrogens (tertiary/aromatic N) is 2. The van der Waals surface area contributed by atoms with Gasteiger partial charge in [-0.3, -0.25) is 0 Å². The molecule has 15 heavy (non-hydrogen) atoms. The van der Waals surface area contributed by atoms with E-state index in [1.54, 1.807) is 0 Å². The molecule has 1 aliphatic heterocycles. The van der Waals surface area contributed by atoms with E-state index in [0.717, 1.165) is 12.6 Å². The first-order valence-corrected chi connectivity index (χ1v) is 6.49. The van der Waals surface area contributed by atoms with E-state index >= 15 is 0 Å². The molecule has 0 aromatic heterocycles. The van der Waals surface area contributed by atoms with Crippen LogP contribution in [0.4, 0.5) is 0 Å². The summed E-state index contributed by atoms with van der Waals surface area (Å²) in [4.78, 5) is 5.06. The first-order chi connectivity index (χ1) is 7.36. The van der Waals surface area contributed by atoms with Gasteiger partial charge < -0.3 is 15.1 Å². The number of likely N-dealkylation sites (N-methyl/N-ethyl adjacent to an activating group) is 1. The predicted octanol–water partition coefficient (Wildman–Crippen LogP) is 0.766. The van der Waals surface area contributed by atoms with Crippen LogP contribution in [0.1, 0.15) is 25.7 Å². The van der Waals surface area contributed by atoms with Crippen molar-refractivity contribution in [2.24, 2.45) is 0 Å². The average molecular weight is 211 g/mol. The summed E-state index contributed by atoms with van der Waals surface area (Å²) in [6, 6.07) is 0.908. The number of likely N-dealkylation sites (tertiary alicyclic amines) is 1. The van der Waals surface area contributed by atoms with Crippen molar-refractivity contribution in [3.05, 3.63) is 0 Å². The zero-order chi connectivity index (χ0) is 10.5. The summed E-state index contributed by atoms with van der Waals surface area (Å²) >= 11 is 0. The van der Waals surface area contributed by atoms with Crippen molar-refractivity contribution in [2.75, 3.05) is 46.3 Å². The van der Waals surface area contributed by atoms with Crippen LogP contribution in [0.15, 0.2) is 0 Å². The smallest absolute Gasteiger partial charge is 0.0107 e. The van der Waals surface area contributed by atoms with Crippen LogP contribution in [-0.4, -0.2) is 62.2 Å². The Morgan fingerprint density at radius 2 is 1.93 bits per heavy atom. The molecule has 88 valence electrons. The van der Waals surface area contributed by atoms with Gasteiger partial charge >= 0.3 is 0 Å². The fourth-order valence-electron chi connectivity index (χ4n) is 2.32. The second-order valence-corrected chi connectivity index (χ2v) is 5.01. The summed E-state index contributed by atoms with van der Waals surface area (Å²) in [5.74, 6) is 0. The molecule has 3 heteroatoms. The maximum atomic E-state index is 3.54. The molecule has 1 aliphatic carbocycles. The summed E-state index contributed by atoms with van der Waals surface area (Å²) in [5.41, 5.74) is 0. The topological polar surface area (TPSA) is 18.5 Å². The Morgan fingerprint density at radius 1 is 1.20 bits per heavy atom. The largest absolute Gasteiger partial charge is 0.314 e. The van der Waals surface area contributed by atoms with Crippen LogP contribution in [0, 0.1) is 0 Å². The Balaban J connectivity index is 1.41. The lowest BCUT2D eigenvalue weighted by Gasteiger charge is -2.17. The van der Waals surface area contributed by atoms with Gasteiger partial charge in [-0.15, -0.1) is 0 Å². The molecule has 2 fully saturated rings. The fraction of sp³-hybridized carbons (Fsp3) is 1.00. The first kappa shape index (κ1) is 11.4. The normalized spacial score (nSPS) is 22.8. The summed E-state index contributed by atoms with van der Waals surface area (Å²) in [6.07, 6.45) is 5.66. The fourth-order valence-corrected chi connectivity index (χ4v) is 2.32. The molecular formula is C12H25N3. The molecule has 0 aromatic carbocycles. The van der Waals surface area contributed by atoms with E-state index in [1.165, 1.54) is 58.4 Å². The summed E-state index contributed by atoms with van der Waals surface area (Å²) in [5, 5.41) is 3.54. The van der Waals surface area contributed by atoms with Crippen molar-refractivity contribution >= 4 is 0 Å². The third kappa shape index (κ3) is 4.09. The third-order valence-corrected chi connectivity index (χ3v) is 3.61. The van der Waals surface area contributed by atoms with Crippen LogP contribution < -0.4 is 5.32 Å². The Hall–Kier alpha value is -0.120. The molecule has 0 radical (unpaired) electrons. The molecule has 0 amide bonds. The van der Waals surface area contributed by atoms with Gasteiger partial charge in [0.2, 0.25) is 0 Å². The molecule has 1 N–H and O–H groups in total. The molecule has 2 rings (SSSR count). The number of hydrogen-bond acceptors (Lipinski definition) is 3. The lowest BCUT2D eigenvalue weighted by atomic mass is 10.4. The van der Waals surface area contributed by atoms with Gasteiger partial charge in [0.1, 0.15) is 0 Å². The zero-order valence-electron chi connectivity index (χ0n) is 10.0. The molecule has 2 aliphatic rings. The van der Waals surface area contributed by atoms with Crippen molar-refractivity contribution in [3.8, 4) is 0 Å². The number of hydrogen-bond donors (Lipinski definition) is 1. The maximum Gasteiger partial charge on any atom is 0.0107 e. The molecule has 0 spiro atoms. The van der Waals surface area contributed by atoms with Gasteiger partial charge in [0.25, 0.3) is 0 Å². The Labute approximate surface area is 93.8 Å². The Kier molecular flexibility index (Phi) is 4.42.